The minimum atomic E-state index is -0.713. The number of imidazole rings is 2. The number of hydrogen-bond donors (Lipinski definition) is 3. The fourth-order valence-corrected chi connectivity index (χ4v) is 9.94. The second-order valence-corrected chi connectivity index (χ2v) is 17.9. The van der Waals surface area contributed by atoms with Gasteiger partial charge in [-0.25, -0.2) is 14.8 Å². The van der Waals surface area contributed by atoms with Crippen LogP contribution in [0.2, 0.25) is 0 Å². The number of ether oxygens (including phenoxy) is 3. The molecule has 2 aromatic heterocycles. The van der Waals surface area contributed by atoms with E-state index in [0.29, 0.717) is 13.0 Å². The Bertz CT molecular complexity index is 2430. The minimum Gasteiger partial charge on any atom is -0.488 e. The number of carbonyl (C=O) groups excluding carboxylic acids is 3. The molecular weight excluding hydrogens is 747 g/mol. The van der Waals surface area contributed by atoms with E-state index in [-0.39, 0.29) is 47.3 Å². The monoisotopic (exact) mass is 801 g/mol. The largest absolute Gasteiger partial charge is 0.488 e. The molecule has 3 saturated heterocycles. The topological polar surface area (TPSA) is 155 Å². The summed E-state index contributed by atoms with van der Waals surface area (Å²) in [4.78, 5) is 60.9. The van der Waals surface area contributed by atoms with Gasteiger partial charge in [0.1, 0.15) is 30.0 Å². The van der Waals surface area contributed by atoms with Crippen molar-refractivity contribution in [3.05, 3.63) is 65.9 Å². The number of hydrogen-bond acceptors (Lipinski definition) is 8. The zero-order valence-electron chi connectivity index (χ0n) is 34.9. The lowest BCUT2D eigenvalue weighted by atomic mass is 9.79. The van der Waals surface area contributed by atoms with Crippen LogP contribution >= 0.6 is 0 Å². The van der Waals surface area contributed by atoms with E-state index in [1.165, 1.54) is 7.11 Å². The first-order valence-corrected chi connectivity index (χ1v) is 21.2. The molecule has 0 radical (unpaired) electrons. The maximum atomic E-state index is 14.0. The lowest BCUT2D eigenvalue weighted by molar-refractivity contribution is -0.138. The van der Waals surface area contributed by atoms with Gasteiger partial charge >= 0.3 is 6.09 Å². The predicted octanol–water partition coefficient (Wildman–Crippen LogP) is 8.36. The van der Waals surface area contributed by atoms with Crippen molar-refractivity contribution in [3.8, 4) is 28.1 Å². The van der Waals surface area contributed by atoms with Gasteiger partial charge in [0.15, 0.2) is 0 Å². The number of benzene rings is 3. The molecule has 59 heavy (non-hydrogen) atoms. The molecule has 0 saturated carbocycles. The van der Waals surface area contributed by atoms with Crippen LogP contribution in [0.5, 0.6) is 5.75 Å². The number of methoxy groups -OCH3 is 1. The summed E-state index contributed by atoms with van der Waals surface area (Å²) in [5.74, 6) is 2.32. The van der Waals surface area contributed by atoms with Crippen LogP contribution in [0.4, 0.5) is 4.79 Å². The van der Waals surface area contributed by atoms with Gasteiger partial charge in [-0.2, -0.15) is 0 Å². The van der Waals surface area contributed by atoms with E-state index in [1.54, 1.807) is 0 Å². The summed E-state index contributed by atoms with van der Waals surface area (Å²) in [6, 6.07) is 14.0. The molecule has 3 fully saturated rings. The first kappa shape index (κ1) is 39.1. The van der Waals surface area contributed by atoms with Crippen LogP contribution in [0.1, 0.15) is 109 Å². The lowest BCUT2D eigenvalue weighted by Gasteiger charge is -2.36. The highest BCUT2D eigenvalue weighted by Crippen LogP contribution is 2.45. The van der Waals surface area contributed by atoms with Crippen molar-refractivity contribution in [2.24, 2.45) is 11.3 Å². The number of aromatic nitrogens is 4. The molecule has 0 bridgehead atoms. The molecule has 13 nitrogen and oxygen atoms in total. The molecule has 3 amide bonds. The maximum Gasteiger partial charge on any atom is 0.407 e. The Morgan fingerprint density at radius 1 is 0.932 bits per heavy atom. The molecule has 3 N–H and O–H groups in total. The van der Waals surface area contributed by atoms with Gasteiger partial charge in [-0.05, 0) is 110 Å². The number of likely N-dealkylation sites (tertiary alicyclic amines) is 2. The van der Waals surface area contributed by atoms with Crippen LogP contribution < -0.4 is 10.1 Å². The van der Waals surface area contributed by atoms with Gasteiger partial charge in [-0.3, -0.25) is 9.59 Å². The van der Waals surface area contributed by atoms with Crippen molar-refractivity contribution in [1.82, 2.24) is 35.1 Å². The van der Waals surface area contributed by atoms with Crippen molar-refractivity contribution in [2.45, 2.75) is 116 Å². The minimum absolute atomic E-state index is 0.0114. The highest BCUT2D eigenvalue weighted by atomic mass is 16.5. The van der Waals surface area contributed by atoms with Crippen LogP contribution in [-0.4, -0.2) is 86.1 Å². The molecule has 9 rings (SSSR count). The van der Waals surface area contributed by atoms with Gasteiger partial charge in [0.25, 0.3) is 0 Å². The van der Waals surface area contributed by atoms with Crippen molar-refractivity contribution in [3.63, 3.8) is 0 Å². The van der Waals surface area contributed by atoms with Gasteiger partial charge in [-0.15, -0.1) is 0 Å². The van der Waals surface area contributed by atoms with Gasteiger partial charge in [-0.1, -0.05) is 39.0 Å². The molecule has 5 atom stereocenters. The Morgan fingerprint density at radius 2 is 1.68 bits per heavy atom. The Hall–Kier alpha value is -5.43. The number of H-pyrrole nitrogens is 2. The fourth-order valence-electron chi connectivity index (χ4n) is 9.94. The Labute approximate surface area is 344 Å². The number of fused-ring (bicyclic) bond motifs is 6. The van der Waals surface area contributed by atoms with Crippen LogP contribution in [0.3, 0.4) is 0 Å². The van der Waals surface area contributed by atoms with Crippen molar-refractivity contribution in [2.75, 3.05) is 20.3 Å². The van der Waals surface area contributed by atoms with E-state index in [4.69, 9.17) is 24.2 Å². The highest BCUT2D eigenvalue weighted by molar-refractivity contribution is 6.07. The summed E-state index contributed by atoms with van der Waals surface area (Å²) in [6.07, 6.45) is 7.08. The number of nitrogens with zero attached hydrogens (tertiary/aromatic N) is 4. The number of carbonyl (C=O) groups is 3. The van der Waals surface area contributed by atoms with Gasteiger partial charge in [0.05, 0.1) is 42.1 Å². The van der Waals surface area contributed by atoms with E-state index >= 15 is 0 Å². The van der Waals surface area contributed by atoms with Crippen molar-refractivity contribution < 1.29 is 28.6 Å². The van der Waals surface area contributed by atoms with Gasteiger partial charge < -0.3 is 39.3 Å². The van der Waals surface area contributed by atoms with E-state index in [2.05, 4.69) is 76.5 Å². The number of amides is 3. The van der Waals surface area contributed by atoms with E-state index < -0.39 is 12.1 Å². The van der Waals surface area contributed by atoms with Crippen molar-refractivity contribution >= 4 is 39.7 Å². The third-order valence-corrected chi connectivity index (χ3v) is 13.5. The molecule has 3 aromatic carbocycles. The summed E-state index contributed by atoms with van der Waals surface area (Å²) < 4.78 is 16.9. The molecule has 310 valence electrons. The first-order chi connectivity index (χ1) is 28.4. The Morgan fingerprint density at radius 3 is 2.42 bits per heavy atom. The summed E-state index contributed by atoms with van der Waals surface area (Å²) in [6.45, 7) is 12.1. The molecule has 5 aromatic rings. The standard InChI is InChI=1S/C46H55N7O6/c1-25(2)40(51-45(56)57-6)44(55)53-27(4)8-14-37(53)43-48-34-12-10-28-20-33-31-11-9-29(19-30(31)24-59-38(33)21-32(28)41(34)50-43)35-23-47-42(49-35)36-13-7-26(3)52(36)39(54)22-46(5)15-17-58-18-16-46/h9-12,19-21,23,25-27,36-37,40H,7-8,13-18,22,24H2,1-6H3,(H,47,49)(H,48,50)(H,51,56)/t26-,27-,36-,37-,40-/m0/s1. The quantitative estimate of drug-likeness (QED) is 0.142. The fraction of sp³-hybridized carbons (Fsp3) is 0.500. The summed E-state index contributed by atoms with van der Waals surface area (Å²) >= 11 is 0. The predicted molar refractivity (Wildman–Crippen MR) is 224 cm³/mol. The SMILES string of the molecule is COC(=O)N[C@H](C(=O)N1[C@@H](C)CC[C@H]1c1nc2c(ccc3cc4c(cc32)OCc2cc(-c3cnc([C@@H]5CC[C@H](C)N5C(=O)CC5(C)CCOCC5)[nH]3)ccc2-4)[nH]1)C(C)C. The third kappa shape index (κ3) is 7.10. The normalized spacial score (nSPS) is 23.0. The summed E-state index contributed by atoms with van der Waals surface area (Å²) in [5, 5.41) is 4.76. The van der Waals surface area contributed by atoms with Gasteiger partial charge in [0, 0.05) is 42.7 Å². The smallest absolute Gasteiger partial charge is 0.407 e. The van der Waals surface area contributed by atoms with E-state index in [9.17, 15) is 14.4 Å². The van der Waals surface area contributed by atoms with Crippen LogP contribution in [0.15, 0.2) is 48.7 Å². The van der Waals surface area contributed by atoms with E-state index in [0.717, 1.165) is 119 Å². The van der Waals surface area contributed by atoms with Crippen molar-refractivity contribution in [1.29, 1.82) is 0 Å². The zero-order valence-corrected chi connectivity index (χ0v) is 34.9. The number of nitrogens with one attached hydrogen (secondary N) is 3. The maximum absolute atomic E-state index is 14.0. The zero-order chi connectivity index (χ0) is 41.2. The molecule has 4 aliphatic heterocycles. The first-order valence-electron chi connectivity index (χ1n) is 21.2. The average Bonchev–Trinajstić information content (AvgIpc) is 4.04. The molecule has 0 unspecified atom stereocenters. The molecule has 4 aliphatic rings. The molecular formula is C46H55N7O6. The van der Waals surface area contributed by atoms with Gasteiger partial charge in [0.2, 0.25) is 11.8 Å². The highest BCUT2D eigenvalue weighted by Gasteiger charge is 2.42. The van der Waals surface area contributed by atoms with Crippen LogP contribution in [-0.2, 0) is 25.7 Å². The lowest BCUT2D eigenvalue weighted by Crippen LogP contribution is -2.52. The molecule has 13 heteroatoms. The third-order valence-electron chi connectivity index (χ3n) is 13.5. The van der Waals surface area contributed by atoms with Crippen LogP contribution in [0, 0.1) is 11.3 Å². The number of aromatic amines is 2. The second-order valence-electron chi connectivity index (χ2n) is 17.9. The Kier molecular flexibility index (Phi) is 10.1. The molecule has 6 heterocycles. The summed E-state index contributed by atoms with van der Waals surface area (Å²) in [7, 11) is 1.30. The number of rotatable bonds is 8. The molecule has 0 spiro atoms. The van der Waals surface area contributed by atoms with E-state index in [1.807, 2.05) is 31.9 Å². The molecule has 0 aliphatic carbocycles. The second kappa shape index (κ2) is 15.3. The Balaban J connectivity index is 0.960. The van der Waals surface area contributed by atoms with Crippen LogP contribution in [0.25, 0.3) is 44.2 Å². The number of alkyl carbamates (subject to hydrolysis) is 1. The average molecular weight is 802 g/mol. The summed E-state index contributed by atoms with van der Waals surface area (Å²) in [5.41, 5.74) is 6.87.